The van der Waals surface area contributed by atoms with Crippen molar-refractivity contribution < 1.29 is 28.4 Å². The molecule has 1 unspecified atom stereocenters. The van der Waals surface area contributed by atoms with Gasteiger partial charge in [-0.05, 0) is 66.4 Å². The summed E-state index contributed by atoms with van der Waals surface area (Å²) in [5.74, 6) is 0.502. The number of methoxy groups -OCH3 is 1. The molecule has 33 heavy (non-hydrogen) atoms. The molecular formula is C24H37BN2O6. The third-order valence-electron chi connectivity index (χ3n) is 6.39. The van der Waals surface area contributed by atoms with Crippen LogP contribution < -0.4 is 15.5 Å². The van der Waals surface area contributed by atoms with Crippen LogP contribution in [0.15, 0.2) is 18.2 Å². The standard InChI is InChI=1S/C24H37BN2O6/c1-22(2,3)31-21(29)27-12-11-18(15-27)26-20(28)14-16-13-17(9-10-19(16)30-8)25-32-23(4,5)24(6,7)33-25/h9-10,13,18H,11-12,14-15H2,1-8H3,(H,26,28). The van der Waals surface area contributed by atoms with E-state index in [1.165, 1.54) is 0 Å². The van der Waals surface area contributed by atoms with E-state index in [1.807, 2.05) is 66.7 Å². The van der Waals surface area contributed by atoms with Crippen LogP contribution >= 0.6 is 0 Å². The molecule has 0 spiro atoms. The molecule has 2 aliphatic heterocycles. The average Bonchev–Trinajstić information content (AvgIpc) is 3.22. The van der Waals surface area contributed by atoms with Crippen LogP contribution in [-0.4, -0.2) is 67.1 Å². The fourth-order valence-electron chi connectivity index (χ4n) is 3.88. The molecule has 1 N–H and O–H groups in total. The zero-order valence-electron chi connectivity index (χ0n) is 21.1. The first-order valence-electron chi connectivity index (χ1n) is 11.5. The highest BCUT2D eigenvalue weighted by Gasteiger charge is 2.51. The SMILES string of the molecule is COc1ccc(B2OC(C)(C)C(C)(C)O2)cc1CC(=O)NC1CCN(C(=O)OC(C)(C)C)C1. The second-order valence-electron chi connectivity index (χ2n) is 10.8. The number of benzene rings is 1. The molecule has 0 saturated carbocycles. The quantitative estimate of drug-likeness (QED) is 0.681. The molecule has 2 fully saturated rings. The van der Waals surface area contributed by atoms with Crippen molar-refractivity contribution in [2.45, 2.75) is 84.2 Å². The summed E-state index contributed by atoms with van der Waals surface area (Å²) in [6, 6.07) is 5.53. The monoisotopic (exact) mass is 460 g/mol. The summed E-state index contributed by atoms with van der Waals surface area (Å²) in [5.41, 5.74) is 0.158. The van der Waals surface area contributed by atoms with Crippen molar-refractivity contribution in [3.8, 4) is 5.75 Å². The van der Waals surface area contributed by atoms with Gasteiger partial charge in [0.05, 0.1) is 24.7 Å². The summed E-state index contributed by atoms with van der Waals surface area (Å²) in [6.45, 7) is 14.5. The lowest BCUT2D eigenvalue weighted by atomic mass is 9.78. The molecule has 8 nitrogen and oxygen atoms in total. The lowest BCUT2D eigenvalue weighted by molar-refractivity contribution is -0.121. The molecule has 1 aromatic rings. The molecule has 182 valence electrons. The second-order valence-corrected chi connectivity index (χ2v) is 10.8. The lowest BCUT2D eigenvalue weighted by Gasteiger charge is -2.32. The van der Waals surface area contributed by atoms with Crippen molar-refractivity contribution in [1.82, 2.24) is 10.2 Å². The van der Waals surface area contributed by atoms with Gasteiger partial charge >= 0.3 is 13.2 Å². The van der Waals surface area contributed by atoms with Gasteiger partial charge in [0.15, 0.2) is 0 Å². The minimum absolute atomic E-state index is 0.109. The molecule has 0 aromatic heterocycles. The van der Waals surface area contributed by atoms with Gasteiger partial charge in [0, 0.05) is 24.7 Å². The van der Waals surface area contributed by atoms with Crippen LogP contribution in [0, 0.1) is 0 Å². The number of likely N-dealkylation sites (tertiary alicyclic amines) is 1. The van der Waals surface area contributed by atoms with Gasteiger partial charge in [-0.15, -0.1) is 0 Å². The molecule has 3 rings (SSSR count). The van der Waals surface area contributed by atoms with Gasteiger partial charge in [-0.3, -0.25) is 4.79 Å². The van der Waals surface area contributed by atoms with Crippen LogP contribution in [0.4, 0.5) is 4.79 Å². The van der Waals surface area contributed by atoms with Crippen LogP contribution in [0.5, 0.6) is 5.75 Å². The number of rotatable bonds is 5. The highest BCUT2D eigenvalue weighted by Crippen LogP contribution is 2.36. The van der Waals surface area contributed by atoms with E-state index in [0.717, 1.165) is 11.0 Å². The normalized spacial score (nSPS) is 21.8. The minimum Gasteiger partial charge on any atom is -0.496 e. The largest absolute Gasteiger partial charge is 0.496 e. The summed E-state index contributed by atoms with van der Waals surface area (Å²) < 4.78 is 23.2. The van der Waals surface area contributed by atoms with Crippen molar-refractivity contribution in [1.29, 1.82) is 0 Å². The summed E-state index contributed by atoms with van der Waals surface area (Å²) in [7, 11) is 1.07. The van der Waals surface area contributed by atoms with Crippen LogP contribution in [0.25, 0.3) is 0 Å². The van der Waals surface area contributed by atoms with Crippen molar-refractivity contribution in [3.63, 3.8) is 0 Å². The predicted octanol–water partition coefficient (Wildman–Crippen LogP) is 2.66. The Labute approximate surface area is 197 Å². The number of carbonyl (C=O) groups is 2. The maximum absolute atomic E-state index is 12.8. The van der Waals surface area contributed by atoms with Crippen LogP contribution in [0.2, 0.25) is 0 Å². The van der Waals surface area contributed by atoms with E-state index in [4.69, 9.17) is 18.8 Å². The lowest BCUT2D eigenvalue weighted by Crippen LogP contribution is -2.41. The van der Waals surface area contributed by atoms with Crippen molar-refractivity contribution in [2.75, 3.05) is 20.2 Å². The molecule has 2 amide bonds. The van der Waals surface area contributed by atoms with Crippen LogP contribution in [0.1, 0.15) is 60.5 Å². The van der Waals surface area contributed by atoms with Crippen LogP contribution in [0.3, 0.4) is 0 Å². The Morgan fingerprint density at radius 1 is 1.18 bits per heavy atom. The number of nitrogens with zero attached hydrogens (tertiary/aromatic N) is 1. The Kier molecular flexibility index (Phi) is 7.06. The maximum atomic E-state index is 12.8. The van der Waals surface area contributed by atoms with Crippen LogP contribution in [-0.2, 0) is 25.3 Å². The molecule has 1 atom stereocenters. The highest BCUT2D eigenvalue weighted by atomic mass is 16.7. The van der Waals surface area contributed by atoms with E-state index >= 15 is 0 Å². The van der Waals surface area contributed by atoms with Gasteiger partial charge in [-0.2, -0.15) is 0 Å². The predicted molar refractivity (Wildman–Crippen MR) is 127 cm³/mol. The third-order valence-corrected chi connectivity index (χ3v) is 6.39. The first-order chi connectivity index (χ1) is 15.2. The topological polar surface area (TPSA) is 86.3 Å². The highest BCUT2D eigenvalue weighted by molar-refractivity contribution is 6.62. The number of carbonyl (C=O) groups excluding carboxylic acids is 2. The fraction of sp³-hybridized carbons (Fsp3) is 0.667. The number of ether oxygens (including phenoxy) is 2. The summed E-state index contributed by atoms with van der Waals surface area (Å²) in [6.07, 6.45) is 0.492. The van der Waals surface area contributed by atoms with Gasteiger partial charge in [0.1, 0.15) is 11.4 Å². The van der Waals surface area contributed by atoms with Gasteiger partial charge in [-0.1, -0.05) is 12.1 Å². The number of hydrogen-bond acceptors (Lipinski definition) is 6. The zero-order chi connectivity index (χ0) is 24.6. The number of amides is 2. The molecule has 2 aliphatic rings. The summed E-state index contributed by atoms with van der Waals surface area (Å²) >= 11 is 0. The van der Waals surface area contributed by atoms with E-state index in [1.54, 1.807) is 12.0 Å². The third kappa shape index (κ3) is 6.01. The Balaban J connectivity index is 1.63. The molecule has 9 heteroatoms. The number of nitrogens with one attached hydrogen (secondary N) is 1. The smallest absolute Gasteiger partial charge is 0.494 e. The maximum Gasteiger partial charge on any atom is 0.494 e. The molecule has 1 aromatic carbocycles. The van der Waals surface area contributed by atoms with E-state index in [9.17, 15) is 9.59 Å². The van der Waals surface area contributed by atoms with Crippen molar-refractivity contribution in [3.05, 3.63) is 23.8 Å². The van der Waals surface area contributed by atoms with E-state index in [2.05, 4.69) is 5.32 Å². The van der Waals surface area contributed by atoms with Gasteiger partial charge in [0.25, 0.3) is 0 Å². The van der Waals surface area contributed by atoms with Crippen molar-refractivity contribution in [2.24, 2.45) is 0 Å². The Bertz CT molecular complexity index is 879. The molecule has 2 heterocycles. The Morgan fingerprint density at radius 2 is 1.82 bits per heavy atom. The van der Waals surface area contributed by atoms with Crippen molar-refractivity contribution >= 4 is 24.6 Å². The van der Waals surface area contributed by atoms with Gasteiger partial charge < -0.3 is 29.0 Å². The molecular weight excluding hydrogens is 423 g/mol. The molecule has 0 aliphatic carbocycles. The average molecular weight is 460 g/mol. The second kappa shape index (κ2) is 9.18. The first-order valence-corrected chi connectivity index (χ1v) is 11.5. The van der Waals surface area contributed by atoms with E-state index in [0.29, 0.717) is 25.3 Å². The molecule has 0 bridgehead atoms. The van der Waals surface area contributed by atoms with E-state index < -0.39 is 23.9 Å². The molecule has 2 saturated heterocycles. The Hall–Kier alpha value is -2.26. The zero-order valence-corrected chi connectivity index (χ0v) is 21.1. The first kappa shape index (κ1) is 25.4. The Morgan fingerprint density at radius 3 is 2.39 bits per heavy atom. The minimum atomic E-state index is -0.544. The number of hydrogen-bond donors (Lipinski definition) is 1. The van der Waals surface area contributed by atoms with Gasteiger partial charge in [-0.25, -0.2) is 4.79 Å². The summed E-state index contributed by atoms with van der Waals surface area (Å²) in [4.78, 5) is 26.7. The van der Waals surface area contributed by atoms with E-state index in [-0.39, 0.29) is 24.5 Å². The molecule has 0 radical (unpaired) electrons. The van der Waals surface area contributed by atoms with Gasteiger partial charge in [0.2, 0.25) is 5.91 Å². The summed E-state index contributed by atoms with van der Waals surface area (Å²) in [5, 5.41) is 3.04. The fourth-order valence-corrected chi connectivity index (χ4v) is 3.88.